The van der Waals surface area contributed by atoms with Crippen molar-refractivity contribution in [2.75, 3.05) is 29.9 Å². The molecule has 2 saturated heterocycles. The molecule has 2 N–H and O–H groups in total. The number of pyridine rings is 1. The van der Waals surface area contributed by atoms with Crippen LogP contribution in [0.2, 0.25) is 5.02 Å². The van der Waals surface area contributed by atoms with E-state index in [0.29, 0.717) is 23.0 Å². The summed E-state index contributed by atoms with van der Waals surface area (Å²) in [6.45, 7) is 2.29. The zero-order valence-corrected chi connectivity index (χ0v) is 17.8. The molecule has 10 heteroatoms. The van der Waals surface area contributed by atoms with Crippen molar-refractivity contribution in [3.05, 3.63) is 47.4 Å². The lowest BCUT2D eigenvalue weighted by Crippen LogP contribution is -2.32. The van der Waals surface area contributed by atoms with E-state index in [2.05, 4.69) is 30.6 Å². The molecule has 2 aliphatic rings. The number of ether oxygens (including phenoxy) is 1. The summed E-state index contributed by atoms with van der Waals surface area (Å²) >= 11 is 6.40. The Hall–Kier alpha value is -2.75. The van der Waals surface area contributed by atoms with Gasteiger partial charge in [-0.05, 0) is 43.0 Å². The molecular formula is C21H25ClN6O3. The molecule has 9 nitrogen and oxygen atoms in total. The molecule has 2 atom stereocenters. The van der Waals surface area contributed by atoms with Gasteiger partial charge < -0.3 is 15.0 Å². The van der Waals surface area contributed by atoms with Crippen molar-refractivity contribution >= 4 is 35.4 Å². The molecule has 0 spiro atoms. The molecule has 0 radical (unpaired) electrons. The Labute approximate surface area is 185 Å². The highest BCUT2D eigenvalue weighted by atomic mass is 35.5. The van der Waals surface area contributed by atoms with Crippen LogP contribution in [-0.4, -0.2) is 52.9 Å². The maximum Gasteiger partial charge on any atom is 0.267 e. The molecule has 4 rings (SSSR count). The Morgan fingerprint density at radius 1 is 1.26 bits per heavy atom. The average molecular weight is 445 g/mol. The van der Waals surface area contributed by atoms with Gasteiger partial charge in [-0.1, -0.05) is 11.6 Å². The van der Waals surface area contributed by atoms with E-state index in [9.17, 15) is 4.79 Å². The van der Waals surface area contributed by atoms with Crippen LogP contribution in [0.3, 0.4) is 0 Å². The van der Waals surface area contributed by atoms with E-state index in [-0.39, 0.29) is 18.2 Å². The number of rotatable bonds is 7. The van der Waals surface area contributed by atoms with Crippen LogP contribution in [-0.2, 0) is 14.4 Å². The predicted molar refractivity (Wildman–Crippen MR) is 117 cm³/mol. The van der Waals surface area contributed by atoms with Crippen molar-refractivity contribution in [3.63, 3.8) is 0 Å². The monoisotopic (exact) mass is 444 g/mol. The minimum absolute atomic E-state index is 0.195. The number of carbonyl (C=O) groups is 1. The van der Waals surface area contributed by atoms with Gasteiger partial charge in [0.05, 0.1) is 5.02 Å². The number of aromatic nitrogens is 3. The Morgan fingerprint density at radius 3 is 2.90 bits per heavy atom. The van der Waals surface area contributed by atoms with Crippen molar-refractivity contribution in [1.29, 1.82) is 0 Å². The normalized spacial score (nSPS) is 21.4. The first-order chi connectivity index (χ1) is 15.2. The number of amides is 1. The number of anilines is 2. The summed E-state index contributed by atoms with van der Waals surface area (Å²) in [5.41, 5.74) is 3.10. The lowest BCUT2D eigenvalue weighted by atomic mass is 10.2. The second-order valence-corrected chi connectivity index (χ2v) is 7.84. The maximum atomic E-state index is 11.9. The minimum Gasteiger partial charge on any atom is -0.364 e. The highest BCUT2D eigenvalue weighted by Gasteiger charge is 2.25. The number of hydrogen-bond acceptors (Lipinski definition) is 8. The number of nitrogens with zero attached hydrogens (tertiary/aromatic N) is 4. The van der Waals surface area contributed by atoms with Gasteiger partial charge in [-0.3, -0.25) is 4.79 Å². The maximum absolute atomic E-state index is 11.9. The summed E-state index contributed by atoms with van der Waals surface area (Å²) < 4.78 is 5.40. The smallest absolute Gasteiger partial charge is 0.267 e. The summed E-state index contributed by atoms with van der Waals surface area (Å²) in [7, 11) is 0. The van der Waals surface area contributed by atoms with E-state index in [4.69, 9.17) is 21.2 Å². The second kappa shape index (κ2) is 10.5. The largest absolute Gasteiger partial charge is 0.364 e. The Bertz CT molecular complexity index is 907. The fourth-order valence-corrected chi connectivity index (χ4v) is 3.72. The van der Waals surface area contributed by atoms with Gasteiger partial charge in [0.1, 0.15) is 5.82 Å². The molecule has 0 aromatic carbocycles. The van der Waals surface area contributed by atoms with Crippen molar-refractivity contribution in [2.24, 2.45) is 0 Å². The Morgan fingerprint density at radius 2 is 2.13 bits per heavy atom. The number of carbonyl (C=O) groups excluding carboxylic acids is 1. The third-order valence-electron chi connectivity index (χ3n) is 5.08. The van der Waals surface area contributed by atoms with Gasteiger partial charge in [-0.2, -0.15) is 0 Å². The molecule has 164 valence electrons. The number of halogens is 1. The molecule has 2 aromatic rings. The molecular weight excluding hydrogens is 420 g/mol. The van der Waals surface area contributed by atoms with E-state index in [1.54, 1.807) is 36.8 Å². The molecule has 2 aromatic heterocycles. The zero-order chi connectivity index (χ0) is 21.5. The molecule has 2 fully saturated rings. The SMILES string of the molecule is O=C(/C=C/c1cnc(N[C@@H]2CCN(c3ncccn3)C2)c(Cl)c1)NOC1CCCCO1. The van der Waals surface area contributed by atoms with Gasteiger partial charge in [0, 0.05) is 56.8 Å². The molecule has 0 aliphatic carbocycles. The Kier molecular flexibility index (Phi) is 7.29. The van der Waals surface area contributed by atoms with E-state index >= 15 is 0 Å². The summed E-state index contributed by atoms with van der Waals surface area (Å²) in [4.78, 5) is 32.3. The fourth-order valence-electron chi connectivity index (χ4n) is 3.49. The van der Waals surface area contributed by atoms with Crippen LogP contribution >= 0.6 is 11.6 Å². The predicted octanol–water partition coefficient (Wildman–Crippen LogP) is 2.80. The molecule has 2 aliphatic heterocycles. The summed E-state index contributed by atoms with van der Waals surface area (Å²) in [6.07, 6.45) is 11.5. The molecule has 1 amide bonds. The van der Waals surface area contributed by atoms with E-state index in [1.807, 2.05) is 0 Å². The van der Waals surface area contributed by atoms with E-state index < -0.39 is 0 Å². The topological polar surface area (TPSA) is 102 Å². The van der Waals surface area contributed by atoms with Crippen molar-refractivity contribution in [3.8, 4) is 0 Å². The van der Waals surface area contributed by atoms with Gasteiger partial charge in [0.15, 0.2) is 6.29 Å². The van der Waals surface area contributed by atoms with Gasteiger partial charge in [-0.15, -0.1) is 0 Å². The molecule has 1 unspecified atom stereocenters. The first-order valence-electron chi connectivity index (χ1n) is 10.4. The summed E-state index contributed by atoms with van der Waals surface area (Å²) in [5, 5.41) is 3.87. The van der Waals surface area contributed by atoms with Gasteiger partial charge in [-0.25, -0.2) is 25.3 Å². The number of hydrogen-bond donors (Lipinski definition) is 2. The molecule has 31 heavy (non-hydrogen) atoms. The van der Waals surface area contributed by atoms with Gasteiger partial charge >= 0.3 is 0 Å². The van der Waals surface area contributed by atoms with Crippen LogP contribution in [0.1, 0.15) is 31.2 Å². The van der Waals surface area contributed by atoms with Crippen LogP contribution in [0.5, 0.6) is 0 Å². The lowest BCUT2D eigenvalue weighted by Gasteiger charge is -2.21. The quantitative estimate of drug-likeness (QED) is 0.496. The standard InChI is InChI=1S/C21H25ClN6O3/c22-17-12-15(5-6-18(29)27-31-19-4-1-2-11-30-19)13-25-20(17)26-16-7-10-28(14-16)21-23-8-3-9-24-21/h3,5-6,8-9,12-13,16,19H,1-2,4,7,10-11,14H2,(H,25,26)(H,27,29)/b6-5+/t16-,19?/m1/s1. The first-order valence-corrected chi connectivity index (χ1v) is 10.7. The molecule has 4 heterocycles. The zero-order valence-electron chi connectivity index (χ0n) is 17.0. The number of hydroxylamine groups is 1. The van der Waals surface area contributed by atoms with Crippen molar-refractivity contribution < 1.29 is 14.4 Å². The van der Waals surface area contributed by atoms with Gasteiger partial charge in [0.2, 0.25) is 5.95 Å². The summed E-state index contributed by atoms with van der Waals surface area (Å²) in [6, 6.07) is 3.76. The van der Waals surface area contributed by atoms with Crippen LogP contribution in [0.15, 0.2) is 36.8 Å². The average Bonchev–Trinajstić information content (AvgIpc) is 3.28. The Balaban J connectivity index is 1.27. The van der Waals surface area contributed by atoms with Gasteiger partial charge in [0.25, 0.3) is 5.91 Å². The lowest BCUT2D eigenvalue weighted by molar-refractivity contribution is -0.198. The molecule has 0 bridgehead atoms. The van der Waals surface area contributed by atoms with Crippen LogP contribution in [0.25, 0.3) is 6.08 Å². The van der Waals surface area contributed by atoms with Crippen LogP contribution in [0.4, 0.5) is 11.8 Å². The minimum atomic E-state index is -0.382. The molecule has 0 saturated carbocycles. The van der Waals surface area contributed by atoms with Crippen molar-refractivity contribution in [2.45, 2.75) is 38.0 Å². The van der Waals surface area contributed by atoms with Crippen molar-refractivity contribution in [1.82, 2.24) is 20.4 Å². The van der Waals surface area contributed by atoms with E-state index in [1.165, 1.54) is 6.08 Å². The van der Waals surface area contributed by atoms with E-state index in [0.717, 1.165) is 44.7 Å². The third kappa shape index (κ3) is 6.13. The first kappa shape index (κ1) is 21.5. The number of nitrogens with one attached hydrogen (secondary N) is 2. The van der Waals surface area contributed by atoms with Crippen LogP contribution in [0, 0.1) is 0 Å². The third-order valence-corrected chi connectivity index (χ3v) is 5.37. The summed E-state index contributed by atoms with van der Waals surface area (Å²) in [5.74, 6) is 0.965. The highest BCUT2D eigenvalue weighted by Crippen LogP contribution is 2.24. The fraction of sp³-hybridized carbons (Fsp3) is 0.429. The van der Waals surface area contributed by atoms with Crippen LogP contribution < -0.4 is 15.7 Å². The second-order valence-electron chi connectivity index (χ2n) is 7.44. The highest BCUT2D eigenvalue weighted by molar-refractivity contribution is 6.33.